The summed E-state index contributed by atoms with van der Waals surface area (Å²) in [4.78, 5) is 16.7. The fourth-order valence-corrected chi connectivity index (χ4v) is 2.92. The Morgan fingerprint density at radius 1 is 1.14 bits per heavy atom. The average molecular weight is 404 g/mol. The summed E-state index contributed by atoms with van der Waals surface area (Å²) in [6.45, 7) is 0.910. The second kappa shape index (κ2) is 7.12. The van der Waals surface area contributed by atoms with Crippen LogP contribution in [-0.4, -0.2) is 33.9 Å². The molecule has 3 aromatic rings. The number of carbonyl (C=O) groups is 1. The molecule has 3 heterocycles. The quantitative estimate of drug-likeness (QED) is 0.723. The first kappa shape index (κ1) is 18.8. The van der Waals surface area contributed by atoms with Crippen molar-refractivity contribution in [2.75, 3.05) is 18.5 Å². The Labute approximate surface area is 163 Å². The van der Waals surface area contributed by atoms with Crippen molar-refractivity contribution in [2.24, 2.45) is 7.05 Å². The van der Waals surface area contributed by atoms with Crippen LogP contribution in [0.25, 0.3) is 11.3 Å². The van der Waals surface area contributed by atoms with Crippen molar-refractivity contribution < 1.29 is 27.4 Å². The fraction of sp³-hybridized carbons (Fsp3) is 0.211. The van der Waals surface area contributed by atoms with Gasteiger partial charge in [0.1, 0.15) is 19.0 Å². The van der Waals surface area contributed by atoms with Gasteiger partial charge in [-0.25, -0.2) is 4.98 Å². The standard InChI is InChI=1S/C19H15F3N4O3/c1-26-10-12(17(25-26)19(20,21)22)18(27)24-16-4-2-3-13(23-16)11-5-6-14-15(9-11)29-8-7-28-14/h2-6,9-10H,7-8H2,1H3,(H,23,24,27). The van der Waals surface area contributed by atoms with Gasteiger partial charge in [0.25, 0.3) is 5.91 Å². The van der Waals surface area contributed by atoms with Crippen molar-refractivity contribution in [1.29, 1.82) is 0 Å². The lowest BCUT2D eigenvalue weighted by Crippen LogP contribution is -2.18. The third kappa shape index (κ3) is 3.86. The van der Waals surface area contributed by atoms with Crippen molar-refractivity contribution in [3.8, 4) is 22.8 Å². The SMILES string of the molecule is Cn1cc(C(=O)Nc2cccc(-c3ccc4c(c3)OCCO4)n2)c(C(F)(F)F)n1. The van der Waals surface area contributed by atoms with Gasteiger partial charge in [0, 0.05) is 18.8 Å². The van der Waals surface area contributed by atoms with Gasteiger partial charge >= 0.3 is 6.18 Å². The molecule has 10 heteroatoms. The molecule has 0 saturated heterocycles. The first-order valence-electron chi connectivity index (χ1n) is 8.60. The van der Waals surface area contributed by atoms with E-state index in [1.54, 1.807) is 30.3 Å². The van der Waals surface area contributed by atoms with Gasteiger partial charge in [-0.2, -0.15) is 18.3 Å². The highest BCUT2D eigenvalue weighted by Gasteiger charge is 2.39. The van der Waals surface area contributed by atoms with Crippen LogP contribution in [0.1, 0.15) is 16.1 Å². The van der Waals surface area contributed by atoms with Crippen LogP contribution < -0.4 is 14.8 Å². The molecule has 0 radical (unpaired) electrons. The molecule has 1 aliphatic heterocycles. The number of aromatic nitrogens is 3. The summed E-state index contributed by atoms with van der Waals surface area (Å²) in [5, 5.41) is 5.73. The molecular weight excluding hydrogens is 389 g/mol. The van der Waals surface area contributed by atoms with Gasteiger partial charge in [0.05, 0.1) is 11.3 Å². The van der Waals surface area contributed by atoms with Gasteiger partial charge in [0.15, 0.2) is 17.2 Å². The molecule has 1 aliphatic rings. The smallest absolute Gasteiger partial charge is 0.435 e. The molecule has 1 N–H and O–H groups in total. The monoisotopic (exact) mass is 404 g/mol. The lowest BCUT2D eigenvalue weighted by molar-refractivity contribution is -0.141. The lowest BCUT2D eigenvalue weighted by Gasteiger charge is -2.18. The summed E-state index contributed by atoms with van der Waals surface area (Å²) in [5.74, 6) is 0.368. The number of carbonyl (C=O) groups excluding carboxylic acids is 1. The number of aryl methyl sites for hydroxylation is 1. The number of ether oxygens (including phenoxy) is 2. The van der Waals surface area contributed by atoms with E-state index < -0.39 is 23.3 Å². The minimum absolute atomic E-state index is 0.111. The summed E-state index contributed by atoms with van der Waals surface area (Å²) in [6.07, 6.45) is -3.72. The number of benzene rings is 1. The molecule has 0 bridgehead atoms. The number of nitrogens with one attached hydrogen (secondary N) is 1. The molecule has 7 nitrogen and oxygen atoms in total. The molecule has 0 fully saturated rings. The number of alkyl halides is 3. The van der Waals surface area contributed by atoms with E-state index in [2.05, 4.69) is 15.4 Å². The van der Waals surface area contributed by atoms with E-state index in [4.69, 9.17) is 9.47 Å². The highest BCUT2D eigenvalue weighted by atomic mass is 19.4. The Morgan fingerprint density at radius 3 is 2.66 bits per heavy atom. The van der Waals surface area contributed by atoms with Gasteiger partial charge in [-0.3, -0.25) is 9.48 Å². The first-order valence-corrected chi connectivity index (χ1v) is 8.60. The molecule has 2 aromatic heterocycles. The van der Waals surface area contributed by atoms with E-state index in [-0.39, 0.29) is 5.82 Å². The van der Waals surface area contributed by atoms with Crippen LogP contribution in [0.2, 0.25) is 0 Å². The van der Waals surface area contributed by atoms with Crippen LogP contribution in [0.15, 0.2) is 42.6 Å². The van der Waals surface area contributed by atoms with Crippen molar-refractivity contribution in [3.05, 3.63) is 53.9 Å². The van der Waals surface area contributed by atoms with Crippen LogP contribution in [0.5, 0.6) is 11.5 Å². The van der Waals surface area contributed by atoms with Gasteiger partial charge < -0.3 is 14.8 Å². The Hall–Kier alpha value is -3.56. The number of pyridine rings is 1. The average Bonchev–Trinajstić information content (AvgIpc) is 3.10. The van der Waals surface area contributed by atoms with Crippen LogP contribution >= 0.6 is 0 Å². The Morgan fingerprint density at radius 2 is 1.90 bits per heavy atom. The van der Waals surface area contributed by atoms with E-state index in [0.717, 1.165) is 10.9 Å². The number of anilines is 1. The molecular formula is C19H15F3N4O3. The van der Waals surface area contributed by atoms with E-state index in [9.17, 15) is 18.0 Å². The molecule has 0 saturated carbocycles. The second-order valence-corrected chi connectivity index (χ2v) is 6.28. The number of hydrogen-bond acceptors (Lipinski definition) is 5. The van der Waals surface area contributed by atoms with Gasteiger partial charge in [-0.15, -0.1) is 0 Å². The van der Waals surface area contributed by atoms with Gasteiger partial charge in [-0.1, -0.05) is 6.07 Å². The Bertz CT molecular complexity index is 1080. The Kier molecular flexibility index (Phi) is 4.61. The summed E-state index contributed by atoms with van der Waals surface area (Å²) >= 11 is 0. The molecule has 0 unspecified atom stereocenters. The highest BCUT2D eigenvalue weighted by Crippen LogP contribution is 2.34. The van der Waals surface area contributed by atoms with Crippen molar-refractivity contribution >= 4 is 11.7 Å². The zero-order valence-electron chi connectivity index (χ0n) is 15.2. The highest BCUT2D eigenvalue weighted by molar-refractivity contribution is 6.04. The van der Waals surface area contributed by atoms with Crippen molar-refractivity contribution in [1.82, 2.24) is 14.8 Å². The maximum Gasteiger partial charge on any atom is 0.435 e. The van der Waals surface area contributed by atoms with Gasteiger partial charge in [-0.05, 0) is 30.3 Å². The molecule has 29 heavy (non-hydrogen) atoms. The van der Waals surface area contributed by atoms with Gasteiger partial charge in [0.2, 0.25) is 0 Å². The van der Waals surface area contributed by atoms with E-state index in [1.807, 2.05) is 0 Å². The minimum atomic E-state index is -4.74. The molecule has 150 valence electrons. The van der Waals surface area contributed by atoms with Crippen LogP contribution in [0.4, 0.5) is 19.0 Å². The summed E-state index contributed by atoms with van der Waals surface area (Å²) in [5.41, 5.74) is -0.600. The lowest BCUT2D eigenvalue weighted by atomic mass is 10.1. The minimum Gasteiger partial charge on any atom is -0.486 e. The zero-order chi connectivity index (χ0) is 20.6. The molecule has 0 spiro atoms. The fourth-order valence-electron chi connectivity index (χ4n) is 2.92. The summed E-state index contributed by atoms with van der Waals surface area (Å²) in [7, 11) is 1.31. The van der Waals surface area contributed by atoms with Crippen LogP contribution in [0, 0.1) is 0 Å². The molecule has 0 atom stereocenters. The first-order chi connectivity index (χ1) is 13.8. The third-order valence-corrected chi connectivity index (χ3v) is 4.17. The number of amides is 1. The molecule has 1 amide bonds. The number of hydrogen-bond donors (Lipinski definition) is 1. The number of fused-ring (bicyclic) bond motifs is 1. The van der Waals surface area contributed by atoms with E-state index in [0.29, 0.717) is 36.0 Å². The summed E-state index contributed by atoms with van der Waals surface area (Å²) in [6, 6.07) is 10.1. The van der Waals surface area contributed by atoms with Crippen LogP contribution in [0.3, 0.4) is 0 Å². The number of nitrogens with zero attached hydrogens (tertiary/aromatic N) is 3. The second-order valence-electron chi connectivity index (χ2n) is 6.28. The molecule has 4 rings (SSSR count). The molecule has 0 aliphatic carbocycles. The Balaban J connectivity index is 1.60. The maximum atomic E-state index is 13.1. The predicted molar refractivity (Wildman–Crippen MR) is 96.8 cm³/mol. The van der Waals surface area contributed by atoms with Crippen LogP contribution in [-0.2, 0) is 13.2 Å². The maximum absolute atomic E-state index is 13.1. The van der Waals surface area contributed by atoms with Crippen molar-refractivity contribution in [2.45, 2.75) is 6.18 Å². The normalized spacial score (nSPS) is 13.2. The number of halogens is 3. The van der Waals surface area contributed by atoms with Crippen molar-refractivity contribution in [3.63, 3.8) is 0 Å². The van der Waals surface area contributed by atoms with E-state index in [1.165, 1.54) is 13.1 Å². The predicted octanol–water partition coefficient (Wildman–Crippen LogP) is 3.52. The molecule has 1 aromatic carbocycles. The topological polar surface area (TPSA) is 78.3 Å². The van der Waals surface area contributed by atoms with E-state index >= 15 is 0 Å². The largest absolute Gasteiger partial charge is 0.486 e. The third-order valence-electron chi connectivity index (χ3n) is 4.17. The summed E-state index contributed by atoms with van der Waals surface area (Å²) < 4.78 is 51.2. The zero-order valence-corrected chi connectivity index (χ0v) is 15.2. The number of rotatable bonds is 3.